The fraction of sp³-hybridized carbons (Fsp3) is 0.391. The summed E-state index contributed by atoms with van der Waals surface area (Å²) in [6.07, 6.45) is 1.74. The molecule has 2 aromatic rings. The van der Waals surface area contributed by atoms with Gasteiger partial charge in [-0.15, -0.1) is 0 Å². The van der Waals surface area contributed by atoms with Crippen LogP contribution in [0.5, 0.6) is 5.75 Å². The maximum absolute atomic E-state index is 13.5. The highest BCUT2D eigenvalue weighted by molar-refractivity contribution is 9.10. The molecule has 1 atom stereocenters. The second kappa shape index (κ2) is 12.4. The van der Waals surface area contributed by atoms with Gasteiger partial charge in [-0.25, -0.2) is 8.42 Å². The van der Waals surface area contributed by atoms with Crippen LogP contribution in [0.15, 0.2) is 46.9 Å². The third-order valence-electron chi connectivity index (χ3n) is 5.07. The number of nitrogens with one attached hydrogen (secondary N) is 1. The first-order chi connectivity index (χ1) is 16.0. The minimum atomic E-state index is -3.89. The second-order valence-corrected chi connectivity index (χ2v) is 11.0. The van der Waals surface area contributed by atoms with E-state index in [9.17, 15) is 18.0 Å². The molecule has 0 bridgehead atoms. The SMILES string of the molecule is CCCNC(=O)C(C)N(Cc1ccc(Br)cc1)C(=O)CN(c1cc(Cl)ccc1OC)S(C)(=O)=O. The quantitative estimate of drug-likeness (QED) is 0.440. The van der Waals surface area contributed by atoms with Crippen LogP contribution in [0.1, 0.15) is 25.8 Å². The number of anilines is 1. The van der Waals surface area contributed by atoms with Gasteiger partial charge < -0.3 is 15.0 Å². The van der Waals surface area contributed by atoms with Crippen molar-refractivity contribution in [2.24, 2.45) is 0 Å². The third kappa shape index (κ3) is 7.61. The summed E-state index contributed by atoms with van der Waals surface area (Å²) in [6.45, 7) is 3.61. The Morgan fingerprint density at radius 1 is 1.18 bits per heavy atom. The van der Waals surface area contributed by atoms with Crippen LogP contribution in [-0.4, -0.2) is 57.6 Å². The van der Waals surface area contributed by atoms with Gasteiger partial charge in [0.05, 0.1) is 19.1 Å². The van der Waals surface area contributed by atoms with Crippen LogP contribution in [0.25, 0.3) is 0 Å². The summed E-state index contributed by atoms with van der Waals surface area (Å²) in [5.74, 6) is -0.621. The molecule has 0 heterocycles. The average Bonchev–Trinajstić information content (AvgIpc) is 2.79. The van der Waals surface area contributed by atoms with Crippen molar-refractivity contribution < 1.29 is 22.7 Å². The Bertz CT molecular complexity index is 1110. The zero-order valence-corrected chi connectivity index (χ0v) is 22.7. The molecule has 0 aliphatic heterocycles. The van der Waals surface area contributed by atoms with Crippen molar-refractivity contribution in [2.45, 2.75) is 32.9 Å². The molecule has 0 spiro atoms. The molecule has 11 heteroatoms. The number of sulfonamides is 1. The fourth-order valence-corrected chi connectivity index (χ4v) is 4.49. The molecule has 34 heavy (non-hydrogen) atoms. The van der Waals surface area contributed by atoms with Gasteiger partial charge in [0.2, 0.25) is 21.8 Å². The minimum absolute atomic E-state index is 0.122. The predicted octanol–water partition coefficient (Wildman–Crippen LogP) is 3.82. The zero-order chi connectivity index (χ0) is 25.5. The van der Waals surface area contributed by atoms with Crippen molar-refractivity contribution in [3.8, 4) is 5.75 Å². The molecule has 1 unspecified atom stereocenters. The first-order valence-electron chi connectivity index (χ1n) is 10.6. The maximum atomic E-state index is 13.5. The van der Waals surface area contributed by atoms with Gasteiger partial charge in [0.1, 0.15) is 18.3 Å². The number of hydrogen-bond donors (Lipinski definition) is 1. The Balaban J connectivity index is 2.43. The number of ether oxygens (including phenoxy) is 1. The summed E-state index contributed by atoms with van der Waals surface area (Å²) in [5, 5.41) is 3.08. The molecule has 186 valence electrons. The lowest BCUT2D eigenvalue weighted by Gasteiger charge is -2.32. The highest BCUT2D eigenvalue weighted by Gasteiger charge is 2.31. The van der Waals surface area contributed by atoms with Crippen molar-refractivity contribution in [2.75, 3.05) is 30.8 Å². The Morgan fingerprint density at radius 2 is 1.82 bits per heavy atom. The van der Waals surface area contributed by atoms with Crippen LogP contribution in [0.4, 0.5) is 5.69 Å². The van der Waals surface area contributed by atoms with Crippen molar-refractivity contribution in [1.82, 2.24) is 10.2 Å². The van der Waals surface area contributed by atoms with Crippen molar-refractivity contribution >= 4 is 55.1 Å². The van der Waals surface area contributed by atoms with Gasteiger partial charge in [0.15, 0.2) is 0 Å². The molecule has 0 saturated carbocycles. The maximum Gasteiger partial charge on any atom is 0.244 e. The first kappa shape index (κ1) is 27.9. The Labute approximate surface area is 214 Å². The topological polar surface area (TPSA) is 96.0 Å². The zero-order valence-electron chi connectivity index (χ0n) is 19.5. The molecule has 0 fully saturated rings. The molecule has 2 rings (SSSR count). The van der Waals surface area contributed by atoms with Crippen LogP contribution in [-0.2, 0) is 26.2 Å². The molecule has 2 amide bonds. The lowest BCUT2D eigenvalue weighted by molar-refractivity contribution is -0.139. The summed E-state index contributed by atoms with van der Waals surface area (Å²) in [4.78, 5) is 27.6. The molecule has 2 aromatic carbocycles. The predicted molar refractivity (Wildman–Crippen MR) is 138 cm³/mol. The van der Waals surface area contributed by atoms with E-state index in [0.717, 1.165) is 27.0 Å². The number of methoxy groups -OCH3 is 1. The smallest absolute Gasteiger partial charge is 0.244 e. The van der Waals surface area contributed by atoms with Gasteiger partial charge in [-0.3, -0.25) is 13.9 Å². The summed E-state index contributed by atoms with van der Waals surface area (Å²) in [5.41, 5.74) is 0.926. The van der Waals surface area contributed by atoms with E-state index in [2.05, 4.69) is 21.2 Å². The van der Waals surface area contributed by atoms with E-state index in [1.54, 1.807) is 13.0 Å². The van der Waals surface area contributed by atoms with Crippen LogP contribution >= 0.6 is 27.5 Å². The molecular formula is C23H29BrClN3O5S. The number of carbonyl (C=O) groups is 2. The largest absolute Gasteiger partial charge is 0.495 e. The Kier molecular flexibility index (Phi) is 10.2. The van der Waals surface area contributed by atoms with Gasteiger partial charge in [0, 0.05) is 22.6 Å². The number of carbonyl (C=O) groups excluding carboxylic acids is 2. The highest BCUT2D eigenvalue weighted by atomic mass is 79.9. The molecule has 0 aromatic heterocycles. The molecular weight excluding hydrogens is 546 g/mol. The summed E-state index contributed by atoms with van der Waals surface area (Å²) < 4.78 is 32.5. The number of rotatable bonds is 11. The molecule has 1 N–H and O–H groups in total. The van der Waals surface area contributed by atoms with Crippen LogP contribution in [0.3, 0.4) is 0 Å². The van der Waals surface area contributed by atoms with E-state index in [4.69, 9.17) is 16.3 Å². The van der Waals surface area contributed by atoms with Gasteiger partial charge >= 0.3 is 0 Å². The summed E-state index contributed by atoms with van der Waals surface area (Å²) in [7, 11) is -2.50. The van der Waals surface area contributed by atoms with Gasteiger partial charge in [-0.1, -0.05) is 46.6 Å². The minimum Gasteiger partial charge on any atom is -0.495 e. The number of nitrogens with zero attached hydrogens (tertiary/aromatic N) is 2. The van der Waals surface area contributed by atoms with Crippen molar-refractivity contribution in [3.63, 3.8) is 0 Å². The highest BCUT2D eigenvalue weighted by Crippen LogP contribution is 2.33. The number of benzene rings is 2. The van der Waals surface area contributed by atoms with E-state index in [-0.39, 0.29) is 28.9 Å². The van der Waals surface area contributed by atoms with Crippen molar-refractivity contribution in [1.29, 1.82) is 0 Å². The van der Waals surface area contributed by atoms with Gasteiger partial charge in [0.25, 0.3) is 0 Å². The average molecular weight is 575 g/mol. The van der Waals surface area contributed by atoms with E-state index >= 15 is 0 Å². The number of hydrogen-bond acceptors (Lipinski definition) is 5. The Morgan fingerprint density at radius 3 is 2.38 bits per heavy atom. The number of halogens is 2. The van der Waals surface area contributed by atoms with Gasteiger partial charge in [-0.05, 0) is 49.2 Å². The Hall–Kier alpha value is -2.30. The molecule has 0 aliphatic carbocycles. The van der Waals surface area contributed by atoms with E-state index < -0.39 is 28.5 Å². The second-order valence-electron chi connectivity index (χ2n) is 7.70. The normalized spacial score (nSPS) is 12.1. The lowest BCUT2D eigenvalue weighted by Crippen LogP contribution is -2.51. The monoisotopic (exact) mass is 573 g/mol. The van der Waals surface area contributed by atoms with E-state index in [1.165, 1.54) is 24.1 Å². The molecule has 0 saturated heterocycles. The fourth-order valence-electron chi connectivity index (χ4n) is 3.22. The van der Waals surface area contributed by atoms with E-state index in [0.29, 0.717) is 6.54 Å². The molecule has 8 nitrogen and oxygen atoms in total. The van der Waals surface area contributed by atoms with E-state index in [1.807, 2.05) is 31.2 Å². The molecule has 0 radical (unpaired) electrons. The first-order valence-corrected chi connectivity index (χ1v) is 13.6. The van der Waals surface area contributed by atoms with Crippen LogP contribution in [0.2, 0.25) is 5.02 Å². The van der Waals surface area contributed by atoms with Crippen LogP contribution < -0.4 is 14.4 Å². The molecule has 0 aliphatic rings. The van der Waals surface area contributed by atoms with Crippen LogP contribution in [0, 0.1) is 0 Å². The number of amides is 2. The third-order valence-corrected chi connectivity index (χ3v) is 6.96. The summed E-state index contributed by atoms with van der Waals surface area (Å²) in [6, 6.07) is 11.0. The summed E-state index contributed by atoms with van der Waals surface area (Å²) >= 11 is 9.48. The lowest BCUT2D eigenvalue weighted by atomic mass is 10.1. The van der Waals surface area contributed by atoms with Gasteiger partial charge in [-0.2, -0.15) is 0 Å². The standard InChI is InChI=1S/C23H29BrClN3O5S/c1-5-12-26-23(30)16(2)27(14-17-6-8-18(24)9-7-17)22(29)15-28(34(4,31)32)20-13-19(25)10-11-21(20)33-3/h6-11,13,16H,5,12,14-15H2,1-4H3,(H,26,30). The van der Waals surface area contributed by atoms with Crippen molar-refractivity contribution in [3.05, 3.63) is 57.5 Å².